The highest BCUT2D eigenvalue weighted by Gasteiger charge is 2.30. The van der Waals surface area contributed by atoms with E-state index in [1.807, 2.05) is 0 Å². The first kappa shape index (κ1) is 8.49. The summed E-state index contributed by atoms with van der Waals surface area (Å²) >= 11 is 0. The van der Waals surface area contributed by atoms with E-state index in [4.69, 9.17) is 10.5 Å². The maximum atomic E-state index is 11.1. The Balaban J connectivity index is 2.39. The molecule has 0 amide bonds. The number of carbonyl (C=O) groups excluding carboxylic acids is 1. The van der Waals surface area contributed by atoms with Crippen molar-refractivity contribution in [1.29, 1.82) is 0 Å². The predicted octanol–water partition coefficient (Wildman–Crippen LogP) is -0.761. The summed E-state index contributed by atoms with van der Waals surface area (Å²) in [5.74, 6) is -0.225. The zero-order valence-corrected chi connectivity index (χ0v) is 6.67. The molecule has 1 unspecified atom stereocenters. The summed E-state index contributed by atoms with van der Waals surface area (Å²) in [6, 6.07) is -0.357. The van der Waals surface area contributed by atoms with Crippen molar-refractivity contribution in [3.05, 3.63) is 0 Å². The second-order valence-corrected chi connectivity index (χ2v) is 2.64. The molecule has 0 spiro atoms. The van der Waals surface area contributed by atoms with Crippen molar-refractivity contribution < 1.29 is 9.53 Å². The van der Waals surface area contributed by atoms with Crippen LogP contribution in [0.15, 0.2) is 0 Å². The average Bonchev–Trinajstić information content (AvgIpc) is 2.36. The quantitative estimate of drug-likeness (QED) is 0.518. The van der Waals surface area contributed by atoms with Gasteiger partial charge in [-0.25, -0.2) is 0 Å². The highest BCUT2D eigenvalue weighted by molar-refractivity contribution is 5.77. The second-order valence-electron chi connectivity index (χ2n) is 2.64. The van der Waals surface area contributed by atoms with Crippen LogP contribution < -0.4 is 11.1 Å². The monoisotopic (exact) mass is 158 g/mol. The van der Waals surface area contributed by atoms with Crippen molar-refractivity contribution in [2.24, 2.45) is 5.73 Å². The number of hydrogen-bond donors (Lipinski definition) is 2. The molecule has 0 saturated carbocycles. The summed E-state index contributed by atoms with van der Waals surface area (Å²) in [6.45, 7) is 3.02. The van der Waals surface area contributed by atoms with Gasteiger partial charge in [-0.2, -0.15) is 0 Å². The lowest BCUT2D eigenvalue weighted by Gasteiger charge is -2.12. The molecule has 2 atom stereocenters. The van der Waals surface area contributed by atoms with Crippen LogP contribution in [0.2, 0.25) is 0 Å². The van der Waals surface area contributed by atoms with Crippen molar-refractivity contribution in [1.82, 2.24) is 5.32 Å². The molecule has 4 nitrogen and oxygen atoms in total. The van der Waals surface area contributed by atoms with Gasteiger partial charge in [0.15, 0.2) is 0 Å². The molecule has 64 valence electrons. The van der Waals surface area contributed by atoms with E-state index in [1.54, 1.807) is 6.92 Å². The van der Waals surface area contributed by atoms with Gasteiger partial charge in [0.2, 0.25) is 0 Å². The van der Waals surface area contributed by atoms with Crippen LogP contribution >= 0.6 is 0 Å². The minimum atomic E-state index is -0.282. The van der Waals surface area contributed by atoms with Gasteiger partial charge in [0.05, 0.1) is 6.61 Å². The molecule has 0 aromatic carbocycles. The lowest BCUT2D eigenvalue weighted by atomic mass is 10.1. The van der Waals surface area contributed by atoms with E-state index < -0.39 is 0 Å². The Morgan fingerprint density at radius 1 is 1.82 bits per heavy atom. The molecular formula is C7H14N2O2. The average molecular weight is 158 g/mol. The first-order valence-corrected chi connectivity index (χ1v) is 3.91. The Labute approximate surface area is 66.1 Å². The third kappa shape index (κ3) is 1.91. The molecule has 1 rings (SSSR count). The summed E-state index contributed by atoms with van der Waals surface area (Å²) in [4.78, 5) is 11.1. The highest BCUT2D eigenvalue weighted by Crippen LogP contribution is 2.05. The number of nitrogens with one attached hydrogen (secondary N) is 1. The molecule has 1 heterocycles. The van der Waals surface area contributed by atoms with Crippen molar-refractivity contribution >= 4 is 5.97 Å². The maximum Gasteiger partial charge on any atom is 0.324 e. The Bertz CT molecular complexity index is 149. The van der Waals surface area contributed by atoms with Crippen molar-refractivity contribution in [2.45, 2.75) is 25.4 Å². The van der Waals surface area contributed by atoms with Crippen LogP contribution in [0.1, 0.15) is 13.3 Å². The molecule has 3 N–H and O–H groups in total. The molecule has 0 radical (unpaired) electrons. The van der Waals surface area contributed by atoms with Gasteiger partial charge in [0, 0.05) is 6.04 Å². The van der Waals surface area contributed by atoms with Crippen molar-refractivity contribution in [3.8, 4) is 0 Å². The largest absolute Gasteiger partial charge is 0.465 e. The molecule has 11 heavy (non-hydrogen) atoms. The third-order valence-electron chi connectivity index (χ3n) is 1.81. The van der Waals surface area contributed by atoms with Crippen LogP contribution in [0.5, 0.6) is 0 Å². The van der Waals surface area contributed by atoms with Crippen LogP contribution in [-0.4, -0.2) is 31.2 Å². The number of hydrogen-bond acceptors (Lipinski definition) is 4. The molecule has 0 aromatic rings. The number of nitrogens with two attached hydrogens (primary N) is 1. The first-order chi connectivity index (χ1) is 5.25. The third-order valence-corrected chi connectivity index (χ3v) is 1.81. The number of rotatable bonds is 2. The van der Waals surface area contributed by atoms with Gasteiger partial charge in [-0.05, 0) is 19.9 Å². The lowest BCUT2D eigenvalue weighted by molar-refractivity contribution is -0.145. The van der Waals surface area contributed by atoms with E-state index in [2.05, 4.69) is 5.32 Å². The van der Waals surface area contributed by atoms with E-state index in [-0.39, 0.29) is 18.1 Å². The van der Waals surface area contributed by atoms with Crippen LogP contribution in [-0.2, 0) is 9.53 Å². The van der Waals surface area contributed by atoms with Crippen LogP contribution in [0.25, 0.3) is 0 Å². The minimum absolute atomic E-state index is 0.0750. The summed E-state index contributed by atoms with van der Waals surface area (Å²) in [5.41, 5.74) is 5.65. The fourth-order valence-electron chi connectivity index (χ4n) is 1.21. The van der Waals surface area contributed by atoms with Gasteiger partial charge in [-0.1, -0.05) is 0 Å². The first-order valence-electron chi connectivity index (χ1n) is 3.91. The molecule has 0 aliphatic carbocycles. The zero-order valence-electron chi connectivity index (χ0n) is 6.67. The number of ether oxygens (including phenoxy) is 1. The molecule has 1 aliphatic heterocycles. The summed E-state index contributed by atoms with van der Waals surface area (Å²) in [5, 5.41) is 2.99. The normalized spacial score (nSPS) is 30.4. The predicted molar refractivity (Wildman–Crippen MR) is 41.0 cm³/mol. The second kappa shape index (κ2) is 3.69. The smallest absolute Gasteiger partial charge is 0.324 e. The SMILES string of the molecule is CCOC(=O)[C@H]1NCCC1N. The lowest BCUT2D eigenvalue weighted by Crippen LogP contribution is -2.43. The molecule has 0 bridgehead atoms. The van der Waals surface area contributed by atoms with E-state index in [0.29, 0.717) is 6.61 Å². The fraction of sp³-hybridized carbons (Fsp3) is 0.857. The van der Waals surface area contributed by atoms with Gasteiger partial charge in [-0.3, -0.25) is 4.79 Å². The van der Waals surface area contributed by atoms with Gasteiger partial charge in [0.1, 0.15) is 6.04 Å². The fourth-order valence-corrected chi connectivity index (χ4v) is 1.21. The van der Waals surface area contributed by atoms with Crippen molar-refractivity contribution in [3.63, 3.8) is 0 Å². The van der Waals surface area contributed by atoms with E-state index in [9.17, 15) is 4.79 Å². The summed E-state index contributed by atoms with van der Waals surface area (Å²) < 4.78 is 4.81. The molecule has 1 saturated heterocycles. The van der Waals surface area contributed by atoms with Crippen LogP contribution in [0.3, 0.4) is 0 Å². The Kier molecular flexibility index (Phi) is 2.84. The topological polar surface area (TPSA) is 64.3 Å². The summed E-state index contributed by atoms with van der Waals surface area (Å²) in [6.07, 6.45) is 0.851. The van der Waals surface area contributed by atoms with Gasteiger partial charge < -0.3 is 15.8 Å². The standard InChI is InChI=1S/C7H14N2O2/c1-2-11-7(10)6-5(8)3-4-9-6/h5-6,9H,2-4,8H2,1H3/t5?,6-/m0/s1. The van der Waals surface area contributed by atoms with E-state index in [1.165, 1.54) is 0 Å². The molecule has 0 aromatic heterocycles. The Morgan fingerprint density at radius 2 is 2.55 bits per heavy atom. The van der Waals surface area contributed by atoms with Gasteiger partial charge in [0.25, 0.3) is 0 Å². The Morgan fingerprint density at radius 3 is 3.00 bits per heavy atom. The Hall–Kier alpha value is -0.610. The molecule has 1 aliphatic rings. The highest BCUT2D eigenvalue weighted by atomic mass is 16.5. The minimum Gasteiger partial charge on any atom is -0.465 e. The van der Waals surface area contributed by atoms with E-state index >= 15 is 0 Å². The van der Waals surface area contributed by atoms with Gasteiger partial charge >= 0.3 is 5.97 Å². The van der Waals surface area contributed by atoms with Crippen LogP contribution in [0, 0.1) is 0 Å². The zero-order chi connectivity index (χ0) is 8.27. The number of esters is 1. The van der Waals surface area contributed by atoms with E-state index in [0.717, 1.165) is 13.0 Å². The van der Waals surface area contributed by atoms with Crippen LogP contribution in [0.4, 0.5) is 0 Å². The molecular weight excluding hydrogens is 144 g/mol. The van der Waals surface area contributed by atoms with Gasteiger partial charge in [-0.15, -0.1) is 0 Å². The number of carbonyl (C=O) groups is 1. The molecule has 4 heteroatoms. The molecule has 1 fully saturated rings. The maximum absolute atomic E-state index is 11.1. The summed E-state index contributed by atoms with van der Waals surface area (Å²) in [7, 11) is 0. The van der Waals surface area contributed by atoms with Crippen molar-refractivity contribution in [2.75, 3.05) is 13.2 Å².